The van der Waals surface area contributed by atoms with Crippen LogP contribution in [0.1, 0.15) is 24.5 Å². The van der Waals surface area contributed by atoms with E-state index in [9.17, 15) is 4.39 Å². The van der Waals surface area contributed by atoms with Crippen molar-refractivity contribution in [3.05, 3.63) is 40.8 Å². The second-order valence-electron chi connectivity index (χ2n) is 5.31. The van der Waals surface area contributed by atoms with Crippen molar-refractivity contribution >= 4 is 16.3 Å². The molecule has 5 heteroatoms. The van der Waals surface area contributed by atoms with Crippen LogP contribution in [-0.2, 0) is 6.42 Å². The van der Waals surface area contributed by atoms with Crippen molar-refractivity contribution in [1.82, 2.24) is 14.6 Å². The van der Waals surface area contributed by atoms with Gasteiger partial charge in [-0.15, -0.1) is 0 Å². The molecule has 20 heavy (non-hydrogen) atoms. The van der Waals surface area contributed by atoms with Gasteiger partial charge in [0.15, 0.2) is 0 Å². The summed E-state index contributed by atoms with van der Waals surface area (Å²) in [5.74, 6) is 0.305. The van der Waals surface area contributed by atoms with Crippen LogP contribution in [0, 0.1) is 18.7 Å². The molecule has 0 aliphatic rings. The van der Waals surface area contributed by atoms with Gasteiger partial charge in [0.05, 0.1) is 11.4 Å². The first-order valence-corrected chi connectivity index (χ1v) is 7.48. The maximum absolute atomic E-state index is 14.0. The fourth-order valence-corrected chi connectivity index (χ4v) is 3.43. The molecule has 0 saturated heterocycles. The minimum atomic E-state index is -0.240. The van der Waals surface area contributed by atoms with E-state index in [0.717, 1.165) is 27.8 Å². The van der Waals surface area contributed by atoms with Crippen LogP contribution in [0.5, 0.6) is 0 Å². The summed E-state index contributed by atoms with van der Waals surface area (Å²) in [5.41, 5.74) is 2.12. The van der Waals surface area contributed by atoms with Crippen molar-refractivity contribution in [3.63, 3.8) is 0 Å². The number of aryl methyl sites for hydroxylation is 1. The third kappa shape index (κ3) is 2.22. The highest BCUT2D eigenvalue weighted by Gasteiger charge is 2.18. The van der Waals surface area contributed by atoms with E-state index in [-0.39, 0.29) is 5.82 Å². The Morgan fingerprint density at radius 3 is 2.75 bits per heavy atom. The van der Waals surface area contributed by atoms with Crippen LogP contribution in [-0.4, -0.2) is 14.6 Å². The molecule has 0 aliphatic carbocycles. The zero-order valence-electron chi connectivity index (χ0n) is 11.7. The summed E-state index contributed by atoms with van der Waals surface area (Å²) in [4.78, 5) is 5.34. The molecule has 0 fully saturated rings. The monoisotopic (exact) mass is 289 g/mol. The zero-order valence-corrected chi connectivity index (χ0v) is 12.5. The van der Waals surface area contributed by atoms with E-state index in [4.69, 9.17) is 0 Å². The third-order valence-electron chi connectivity index (χ3n) is 3.13. The smallest absolute Gasteiger partial charge is 0.212 e. The van der Waals surface area contributed by atoms with Crippen LogP contribution in [0.15, 0.2) is 24.3 Å². The topological polar surface area (TPSA) is 30.2 Å². The van der Waals surface area contributed by atoms with E-state index in [2.05, 4.69) is 23.9 Å². The van der Waals surface area contributed by atoms with Gasteiger partial charge in [-0.25, -0.2) is 13.9 Å². The molecule has 0 atom stereocenters. The summed E-state index contributed by atoms with van der Waals surface area (Å²) in [7, 11) is 0. The molecule has 0 N–H and O–H groups in total. The van der Waals surface area contributed by atoms with Gasteiger partial charge in [-0.1, -0.05) is 37.3 Å². The quantitative estimate of drug-likeness (QED) is 0.726. The molecule has 3 rings (SSSR count). The molecule has 0 unspecified atom stereocenters. The summed E-state index contributed by atoms with van der Waals surface area (Å²) in [6, 6.07) is 6.76. The van der Waals surface area contributed by atoms with E-state index < -0.39 is 0 Å². The number of rotatable bonds is 3. The average Bonchev–Trinajstić information content (AvgIpc) is 2.85. The van der Waals surface area contributed by atoms with Gasteiger partial charge in [0.2, 0.25) is 4.96 Å². The van der Waals surface area contributed by atoms with Crippen molar-refractivity contribution < 1.29 is 4.39 Å². The Hall–Kier alpha value is -1.75. The Morgan fingerprint density at radius 1 is 1.30 bits per heavy atom. The molecule has 2 heterocycles. The lowest BCUT2D eigenvalue weighted by atomic mass is 10.1. The van der Waals surface area contributed by atoms with Crippen molar-refractivity contribution in [2.75, 3.05) is 0 Å². The Bertz CT molecular complexity index is 758. The maximum Gasteiger partial charge on any atom is 0.212 e. The third-order valence-corrected chi connectivity index (χ3v) is 4.06. The summed E-state index contributed by atoms with van der Waals surface area (Å²) in [5, 5.41) is 5.64. The highest BCUT2D eigenvalue weighted by atomic mass is 32.1. The van der Waals surface area contributed by atoms with Crippen molar-refractivity contribution in [2.45, 2.75) is 27.2 Å². The number of aromatic nitrogens is 3. The van der Waals surface area contributed by atoms with Gasteiger partial charge in [0.1, 0.15) is 10.8 Å². The standard InChI is InChI=1S/C15H16FN3S/c1-9(2)8-13-18-19-14(10(3)17-15(19)20-13)11-6-4-5-7-12(11)16/h4-7,9H,8H2,1-3H3. The second-order valence-corrected chi connectivity index (χ2v) is 6.35. The number of imidazole rings is 1. The van der Waals surface area contributed by atoms with Gasteiger partial charge < -0.3 is 0 Å². The van der Waals surface area contributed by atoms with E-state index >= 15 is 0 Å². The summed E-state index contributed by atoms with van der Waals surface area (Å²) in [6.45, 7) is 6.21. The predicted octanol–water partition coefficient (Wildman–Crippen LogP) is 4.10. The zero-order chi connectivity index (χ0) is 14.3. The van der Waals surface area contributed by atoms with E-state index in [1.54, 1.807) is 28.0 Å². The van der Waals surface area contributed by atoms with E-state index in [1.807, 2.05) is 13.0 Å². The lowest BCUT2D eigenvalue weighted by Crippen LogP contribution is -1.97. The van der Waals surface area contributed by atoms with Gasteiger partial charge in [0.25, 0.3) is 0 Å². The molecule has 104 valence electrons. The van der Waals surface area contributed by atoms with Crippen molar-refractivity contribution in [3.8, 4) is 11.3 Å². The molecule has 0 spiro atoms. The Kier molecular flexibility index (Phi) is 3.30. The summed E-state index contributed by atoms with van der Waals surface area (Å²) >= 11 is 1.58. The van der Waals surface area contributed by atoms with Gasteiger partial charge in [-0.3, -0.25) is 0 Å². The molecule has 2 aromatic heterocycles. The Morgan fingerprint density at radius 2 is 2.05 bits per heavy atom. The molecule has 3 aromatic rings. The molecule has 0 bridgehead atoms. The first-order valence-electron chi connectivity index (χ1n) is 6.66. The number of hydrogen-bond acceptors (Lipinski definition) is 3. The van der Waals surface area contributed by atoms with E-state index in [1.165, 1.54) is 6.07 Å². The highest BCUT2D eigenvalue weighted by Crippen LogP contribution is 2.29. The Labute approximate surface area is 121 Å². The first-order chi connectivity index (χ1) is 9.56. The normalized spacial score (nSPS) is 11.7. The molecule has 0 amide bonds. The first kappa shape index (κ1) is 13.2. The molecular weight excluding hydrogens is 273 g/mol. The number of halogens is 1. The molecule has 1 aromatic carbocycles. The number of nitrogens with zero attached hydrogens (tertiary/aromatic N) is 3. The second kappa shape index (κ2) is 4.98. The Balaban J connectivity index is 2.17. The SMILES string of the molecule is Cc1nc2sc(CC(C)C)nn2c1-c1ccccc1F. The van der Waals surface area contributed by atoms with Gasteiger partial charge >= 0.3 is 0 Å². The lowest BCUT2D eigenvalue weighted by molar-refractivity contribution is 0.627. The fraction of sp³-hybridized carbons (Fsp3) is 0.333. The van der Waals surface area contributed by atoms with Crippen LogP contribution in [0.2, 0.25) is 0 Å². The van der Waals surface area contributed by atoms with Crippen LogP contribution < -0.4 is 0 Å². The van der Waals surface area contributed by atoms with Crippen LogP contribution >= 0.6 is 11.3 Å². The van der Waals surface area contributed by atoms with Crippen LogP contribution in [0.25, 0.3) is 16.2 Å². The maximum atomic E-state index is 14.0. The average molecular weight is 289 g/mol. The minimum Gasteiger partial charge on any atom is -0.222 e. The van der Waals surface area contributed by atoms with E-state index in [0.29, 0.717) is 11.5 Å². The van der Waals surface area contributed by atoms with Gasteiger partial charge in [-0.2, -0.15) is 5.10 Å². The van der Waals surface area contributed by atoms with Gasteiger partial charge in [-0.05, 0) is 25.0 Å². The highest BCUT2D eigenvalue weighted by molar-refractivity contribution is 7.16. The number of hydrogen-bond donors (Lipinski definition) is 0. The summed E-state index contributed by atoms with van der Waals surface area (Å²) in [6.07, 6.45) is 0.920. The fourth-order valence-electron chi connectivity index (χ4n) is 2.28. The number of fused-ring (bicyclic) bond motifs is 1. The molecule has 0 saturated carbocycles. The lowest BCUT2D eigenvalue weighted by Gasteiger charge is -2.02. The van der Waals surface area contributed by atoms with Gasteiger partial charge in [0, 0.05) is 12.0 Å². The summed E-state index contributed by atoms with van der Waals surface area (Å²) < 4.78 is 15.8. The van der Waals surface area contributed by atoms with Crippen molar-refractivity contribution in [2.24, 2.45) is 5.92 Å². The largest absolute Gasteiger partial charge is 0.222 e. The molecule has 0 radical (unpaired) electrons. The van der Waals surface area contributed by atoms with Crippen LogP contribution in [0.3, 0.4) is 0 Å². The number of benzene rings is 1. The molecule has 0 aliphatic heterocycles. The van der Waals surface area contributed by atoms with Crippen molar-refractivity contribution in [1.29, 1.82) is 0 Å². The van der Waals surface area contributed by atoms with Crippen LogP contribution in [0.4, 0.5) is 4.39 Å². The molecular formula is C15H16FN3S. The predicted molar refractivity (Wildman–Crippen MR) is 79.5 cm³/mol. The molecule has 3 nitrogen and oxygen atoms in total. The minimum absolute atomic E-state index is 0.240.